The van der Waals surface area contributed by atoms with E-state index in [-0.39, 0.29) is 17.5 Å². The van der Waals surface area contributed by atoms with Crippen LogP contribution in [0, 0.1) is 0 Å². The molecule has 0 aliphatic heterocycles. The van der Waals surface area contributed by atoms with Crippen LogP contribution >= 0.6 is 0 Å². The fourth-order valence-electron chi connectivity index (χ4n) is 4.07. The molecule has 0 N–H and O–H groups in total. The summed E-state index contributed by atoms with van der Waals surface area (Å²) in [5.74, 6) is 2.15. The second-order valence-electron chi connectivity index (χ2n) is 7.61. The highest BCUT2D eigenvalue weighted by atomic mass is 16.5. The van der Waals surface area contributed by atoms with Gasteiger partial charge in [0, 0.05) is 18.6 Å². The molecule has 0 radical (unpaired) electrons. The van der Waals surface area contributed by atoms with Crippen molar-refractivity contribution in [1.82, 2.24) is 0 Å². The van der Waals surface area contributed by atoms with Gasteiger partial charge in [-0.05, 0) is 61.6 Å². The molecule has 2 aromatic rings. The first kappa shape index (κ1) is 22.0. The van der Waals surface area contributed by atoms with Crippen LogP contribution in [0.1, 0.15) is 37.3 Å². The van der Waals surface area contributed by atoms with Crippen LogP contribution in [0.4, 0.5) is 0 Å². The molecule has 1 aliphatic carbocycles. The molecule has 0 saturated heterocycles. The standard InChI is InChI=1S/C24H30O6/c1-14(2)30-24-22-15(11-21(28-5)23(24)29-6)7-8-16(13-26-3)18-12-19(25)20(27-4)10-9-17(18)22/h9-12,14,16H,7-8,13H2,1-6H3. The van der Waals surface area contributed by atoms with Crippen molar-refractivity contribution < 1.29 is 23.7 Å². The third-order valence-electron chi connectivity index (χ3n) is 5.36. The fourth-order valence-corrected chi connectivity index (χ4v) is 4.07. The fraction of sp³-hybridized carbons (Fsp3) is 0.458. The van der Waals surface area contributed by atoms with E-state index >= 15 is 0 Å². The minimum absolute atomic E-state index is 0.0612. The quantitative estimate of drug-likeness (QED) is 0.677. The molecule has 6 heteroatoms. The molecule has 30 heavy (non-hydrogen) atoms. The van der Waals surface area contributed by atoms with Crippen LogP contribution in [0.5, 0.6) is 23.0 Å². The molecule has 6 nitrogen and oxygen atoms in total. The van der Waals surface area contributed by atoms with E-state index in [1.54, 1.807) is 33.5 Å². The molecule has 0 saturated carbocycles. The van der Waals surface area contributed by atoms with Gasteiger partial charge in [0.2, 0.25) is 11.2 Å². The highest BCUT2D eigenvalue weighted by Gasteiger charge is 2.29. The van der Waals surface area contributed by atoms with Gasteiger partial charge in [0.1, 0.15) is 0 Å². The van der Waals surface area contributed by atoms with E-state index in [1.807, 2.05) is 26.0 Å². The summed E-state index contributed by atoms with van der Waals surface area (Å²) in [5, 5.41) is 0. The van der Waals surface area contributed by atoms with Crippen LogP contribution in [-0.4, -0.2) is 41.2 Å². The minimum atomic E-state index is -0.157. The topological polar surface area (TPSA) is 63.2 Å². The van der Waals surface area contributed by atoms with Gasteiger partial charge in [0.05, 0.1) is 34.0 Å². The van der Waals surface area contributed by atoms with Gasteiger partial charge in [0.25, 0.3) is 0 Å². The Labute approximate surface area is 177 Å². The lowest BCUT2D eigenvalue weighted by molar-refractivity contribution is 0.176. The Morgan fingerprint density at radius 3 is 2.30 bits per heavy atom. The zero-order valence-corrected chi connectivity index (χ0v) is 18.5. The Hall–Kier alpha value is -2.73. The highest BCUT2D eigenvalue weighted by molar-refractivity contribution is 5.82. The lowest BCUT2D eigenvalue weighted by atomic mass is 9.93. The molecule has 1 aliphatic rings. The number of hydrogen-bond acceptors (Lipinski definition) is 6. The first-order chi connectivity index (χ1) is 14.4. The van der Waals surface area contributed by atoms with Crippen molar-refractivity contribution in [1.29, 1.82) is 0 Å². The van der Waals surface area contributed by atoms with Crippen LogP contribution in [0.25, 0.3) is 11.1 Å². The number of methoxy groups -OCH3 is 4. The Bertz CT molecular complexity index is 967. The Balaban J connectivity index is 2.42. The van der Waals surface area contributed by atoms with Crippen molar-refractivity contribution >= 4 is 0 Å². The van der Waals surface area contributed by atoms with Gasteiger partial charge in [0.15, 0.2) is 17.2 Å². The largest absolute Gasteiger partial charge is 0.493 e. The summed E-state index contributed by atoms with van der Waals surface area (Å²) < 4.78 is 28.3. The number of aryl methyl sites for hydroxylation is 1. The Morgan fingerprint density at radius 1 is 0.967 bits per heavy atom. The van der Waals surface area contributed by atoms with Crippen molar-refractivity contribution in [3.8, 4) is 34.1 Å². The molecule has 0 bridgehead atoms. The molecule has 3 rings (SSSR count). The van der Waals surface area contributed by atoms with Gasteiger partial charge >= 0.3 is 0 Å². The van der Waals surface area contributed by atoms with E-state index in [0.717, 1.165) is 35.1 Å². The molecular weight excluding hydrogens is 384 g/mol. The SMILES string of the molecule is COCC1CCc2cc(OC)c(OC)c(OC(C)C)c2-c2ccc(OC)c(=O)cc21. The number of benzene rings is 1. The van der Waals surface area contributed by atoms with Gasteiger partial charge in [-0.25, -0.2) is 0 Å². The first-order valence-electron chi connectivity index (χ1n) is 10.1. The van der Waals surface area contributed by atoms with Crippen LogP contribution in [-0.2, 0) is 11.2 Å². The van der Waals surface area contributed by atoms with Gasteiger partial charge in [-0.2, -0.15) is 0 Å². The van der Waals surface area contributed by atoms with Crippen molar-refractivity contribution in [3.05, 3.63) is 45.6 Å². The predicted molar refractivity (Wildman–Crippen MR) is 117 cm³/mol. The van der Waals surface area contributed by atoms with E-state index in [9.17, 15) is 4.79 Å². The smallest absolute Gasteiger partial charge is 0.220 e. The van der Waals surface area contributed by atoms with Crippen LogP contribution in [0.15, 0.2) is 29.1 Å². The van der Waals surface area contributed by atoms with E-state index in [2.05, 4.69) is 0 Å². The summed E-state index contributed by atoms with van der Waals surface area (Å²) >= 11 is 0. The van der Waals surface area contributed by atoms with Crippen molar-refractivity contribution in [3.63, 3.8) is 0 Å². The van der Waals surface area contributed by atoms with Crippen LogP contribution in [0.2, 0.25) is 0 Å². The molecule has 1 atom stereocenters. The van der Waals surface area contributed by atoms with Gasteiger partial charge < -0.3 is 23.7 Å². The maximum Gasteiger partial charge on any atom is 0.220 e. The van der Waals surface area contributed by atoms with Crippen LogP contribution < -0.4 is 24.4 Å². The van der Waals surface area contributed by atoms with Gasteiger partial charge in [-0.1, -0.05) is 6.07 Å². The van der Waals surface area contributed by atoms with Crippen molar-refractivity contribution in [2.45, 2.75) is 38.7 Å². The zero-order chi connectivity index (χ0) is 21.8. The maximum atomic E-state index is 12.7. The lowest BCUT2D eigenvalue weighted by Gasteiger charge is -2.22. The third-order valence-corrected chi connectivity index (χ3v) is 5.36. The van der Waals surface area contributed by atoms with E-state index in [1.165, 1.54) is 7.11 Å². The number of fused-ring (bicyclic) bond motifs is 3. The highest BCUT2D eigenvalue weighted by Crippen LogP contribution is 2.51. The predicted octanol–water partition coefficient (Wildman–Crippen LogP) is 4.20. The number of rotatable bonds is 7. The van der Waals surface area contributed by atoms with Gasteiger partial charge in [-0.15, -0.1) is 0 Å². The van der Waals surface area contributed by atoms with E-state index in [0.29, 0.717) is 29.6 Å². The summed E-state index contributed by atoms with van der Waals surface area (Å²) in [4.78, 5) is 12.7. The lowest BCUT2D eigenvalue weighted by Crippen LogP contribution is -2.10. The average Bonchev–Trinajstić information content (AvgIpc) is 2.96. The Morgan fingerprint density at radius 2 is 1.70 bits per heavy atom. The number of ether oxygens (including phenoxy) is 5. The number of hydrogen-bond donors (Lipinski definition) is 0. The second kappa shape index (κ2) is 9.39. The average molecular weight is 414 g/mol. The molecule has 0 spiro atoms. The molecule has 162 valence electrons. The molecule has 0 amide bonds. The third kappa shape index (κ3) is 4.10. The summed E-state index contributed by atoms with van der Waals surface area (Å²) in [6.07, 6.45) is 1.55. The minimum Gasteiger partial charge on any atom is -0.493 e. The molecule has 0 fully saturated rings. The second-order valence-corrected chi connectivity index (χ2v) is 7.61. The first-order valence-corrected chi connectivity index (χ1v) is 10.1. The van der Waals surface area contributed by atoms with Crippen molar-refractivity contribution in [2.24, 2.45) is 0 Å². The zero-order valence-electron chi connectivity index (χ0n) is 18.5. The van der Waals surface area contributed by atoms with Gasteiger partial charge in [-0.3, -0.25) is 4.79 Å². The van der Waals surface area contributed by atoms with Crippen molar-refractivity contribution in [2.75, 3.05) is 35.0 Å². The summed E-state index contributed by atoms with van der Waals surface area (Å²) in [5.41, 5.74) is 3.69. The normalized spacial score (nSPS) is 15.1. The summed E-state index contributed by atoms with van der Waals surface area (Å²) in [6, 6.07) is 7.32. The maximum absolute atomic E-state index is 12.7. The molecule has 1 unspecified atom stereocenters. The van der Waals surface area contributed by atoms with E-state index < -0.39 is 0 Å². The molecule has 0 heterocycles. The monoisotopic (exact) mass is 414 g/mol. The molecule has 0 aromatic heterocycles. The Kier molecular flexibility index (Phi) is 6.87. The van der Waals surface area contributed by atoms with E-state index in [4.69, 9.17) is 23.7 Å². The van der Waals surface area contributed by atoms with Crippen LogP contribution in [0.3, 0.4) is 0 Å². The molecule has 2 aromatic carbocycles. The molecular formula is C24H30O6. The summed E-state index contributed by atoms with van der Waals surface area (Å²) in [6.45, 7) is 4.46. The summed E-state index contributed by atoms with van der Waals surface area (Å²) in [7, 11) is 6.41.